The number of amides is 1. The minimum absolute atomic E-state index is 0.424. The Morgan fingerprint density at radius 3 is 2.72 bits per heavy atom. The largest absolute Gasteiger partial charge is 0.421 e. The van der Waals surface area contributed by atoms with E-state index in [1.54, 1.807) is 0 Å². The molecule has 0 radical (unpaired) electrons. The highest BCUT2D eigenvalue weighted by atomic mass is 16.2. The summed E-state index contributed by atoms with van der Waals surface area (Å²) in [5.74, 6) is -1.08. The van der Waals surface area contributed by atoms with Crippen LogP contribution in [0.2, 0.25) is 0 Å². The zero-order chi connectivity index (χ0) is 13.1. The van der Waals surface area contributed by atoms with Gasteiger partial charge in [0.1, 0.15) is 0 Å². The van der Waals surface area contributed by atoms with E-state index in [9.17, 15) is 9.59 Å². The average Bonchev–Trinajstić information content (AvgIpc) is 2.38. The molecule has 0 aromatic heterocycles. The number of fused-ring (bicyclic) bond motifs is 1. The third-order valence-electron chi connectivity index (χ3n) is 2.99. The lowest BCUT2D eigenvalue weighted by Crippen LogP contribution is -2.42. The molecule has 1 aliphatic rings. The number of Topliss-reactive ketones (excluding diaryl/α,β-unsaturated/α-hetero) is 1. The lowest BCUT2D eigenvalue weighted by molar-refractivity contribution is -0.123. The topological polar surface area (TPSA) is 73.8 Å². The van der Waals surface area contributed by atoms with E-state index in [0.717, 1.165) is 24.1 Å². The molecular formula is C13H13N3O2. The van der Waals surface area contributed by atoms with Crippen LogP contribution in [-0.4, -0.2) is 28.7 Å². The maximum absolute atomic E-state index is 12.1. The second kappa shape index (κ2) is 4.94. The first-order valence-corrected chi connectivity index (χ1v) is 5.78. The van der Waals surface area contributed by atoms with Gasteiger partial charge in [-0.25, -0.2) is 0 Å². The summed E-state index contributed by atoms with van der Waals surface area (Å²) < 4.78 is 0. The van der Waals surface area contributed by atoms with E-state index in [4.69, 9.17) is 5.53 Å². The van der Waals surface area contributed by atoms with Gasteiger partial charge in [0, 0.05) is 19.2 Å². The van der Waals surface area contributed by atoms with Crippen LogP contribution in [0.15, 0.2) is 24.3 Å². The van der Waals surface area contributed by atoms with Crippen molar-refractivity contribution in [3.8, 4) is 0 Å². The van der Waals surface area contributed by atoms with Gasteiger partial charge in [0.15, 0.2) is 0 Å². The molecular weight excluding hydrogens is 230 g/mol. The van der Waals surface area contributed by atoms with Gasteiger partial charge in [-0.05, 0) is 24.5 Å². The molecule has 5 nitrogen and oxygen atoms in total. The predicted octanol–water partition coefficient (Wildman–Crippen LogP) is 1.23. The van der Waals surface area contributed by atoms with Crippen molar-refractivity contribution < 1.29 is 14.4 Å². The maximum Gasteiger partial charge on any atom is 0.421 e. The highest BCUT2D eigenvalue weighted by Crippen LogP contribution is 2.26. The molecule has 0 N–H and O–H groups in total. The van der Waals surface area contributed by atoms with Crippen molar-refractivity contribution in [1.29, 1.82) is 0 Å². The Balaban J connectivity index is 2.39. The first-order valence-electron chi connectivity index (χ1n) is 5.78. The molecule has 0 saturated carbocycles. The fourth-order valence-corrected chi connectivity index (χ4v) is 2.14. The van der Waals surface area contributed by atoms with E-state index in [-0.39, 0.29) is 0 Å². The fraction of sp³-hybridized carbons (Fsp3) is 0.308. The number of rotatable bonds is 2. The Hall–Kier alpha value is -2.26. The fourth-order valence-electron chi connectivity index (χ4n) is 2.14. The minimum atomic E-state index is -0.544. The van der Waals surface area contributed by atoms with E-state index < -0.39 is 17.4 Å². The lowest BCUT2D eigenvalue weighted by Gasteiger charge is -2.27. The zero-order valence-corrected chi connectivity index (χ0v) is 10.1. The molecule has 92 valence electrons. The van der Waals surface area contributed by atoms with Crippen LogP contribution in [0.3, 0.4) is 0 Å². The van der Waals surface area contributed by atoms with Crippen molar-refractivity contribution >= 4 is 23.1 Å². The normalized spacial score (nSPS) is 13.5. The summed E-state index contributed by atoms with van der Waals surface area (Å²) >= 11 is 0. The molecule has 0 aliphatic carbocycles. The molecule has 18 heavy (non-hydrogen) atoms. The molecule has 0 bridgehead atoms. The maximum atomic E-state index is 12.1. The van der Waals surface area contributed by atoms with Crippen LogP contribution in [0.1, 0.15) is 18.9 Å². The SMILES string of the molecule is CC(=O)C(=[N+]=[N-])C(=O)N1CCCc2ccccc21. The van der Waals surface area contributed by atoms with Crippen molar-refractivity contribution in [3.63, 3.8) is 0 Å². The van der Waals surface area contributed by atoms with Gasteiger partial charge in [-0.2, -0.15) is 4.79 Å². The molecule has 0 saturated heterocycles. The number of nitrogens with zero attached hydrogens (tertiary/aromatic N) is 3. The molecule has 1 aromatic rings. The molecule has 0 unspecified atom stereocenters. The second-order valence-corrected chi connectivity index (χ2v) is 4.19. The molecule has 0 atom stereocenters. The van der Waals surface area contributed by atoms with E-state index in [0.29, 0.717) is 6.54 Å². The average molecular weight is 243 g/mol. The Morgan fingerprint density at radius 2 is 2.06 bits per heavy atom. The third-order valence-corrected chi connectivity index (χ3v) is 2.99. The lowest BCUT2D eigenvalue weighted by atomic mass is 10.0. The summed E-state index contributed by atoms with van der Waals surface area (Å²) in [4.78, 5) is 27.7. The number of aryl methyl sites for hydroxylation is 1. The summed E-state index contributed by atoms with van der Waals surface area (Å²) in [5, 5.41) is 0. The molecule has 0 spiro atoms. The number of para-hydroxylation sites is 1. The molecule has 1 aromatic carbocycles. The van der Waals surface area contributed by atoms with E-state index in [2.05, 4.69) is 4.79 Å². The Labute approximate surface area is 105 Å². The summed E-state index contributed by atoms with van der Waals surface area (Å²) in [6.07, 6.45) is 1.74. The van der Waals surface area contributed by atoms with Gasteiger partial charge in [0.05, 0.1) is 0 Å². The molecule has 5 heteroatoms. The first kappa shape index (κ1) is 12.2. The predicted molar refractivity (Wildman–Crippen MR) is 66.4 cm³/mol. The van der Waals surface area contributed by atoms with Crippen molar-refractivity contribution in [2.24, 2.45) is 0 Å². The first-order chi connectivity index (χ1) is 8.65. The number of ketones is 1. The van der Waals surface area contributed by atoms with Gasteiger partial charge in [0.25, 0.3) is 0 Å². The quantitative estimate of drug-likeness (QED) is 0.339. The molecule has 1 amide bonds. The number of carbonyl (C=O) groups excluding carboxylic acids is 2. The van der Waals surface area contributed by atoms with Gasteiger partial charge >= 0.3 is 11.6 Å². The van der Waals surface area contributed by atoms with Crippen molar-refractivity contribution in [1.82, 2.24) is 0 Å². The minimum Gasteiger partial charge on any atom is -0.360 e. The van der Waals surface area contributed by atoms with Crippen LogP contribution < -0.4 is 4.90 Å². The van der Waals surface area contributed by atoms with Crippen molar-refractivity contribution in [2.45, 2.75) is 19.8 Å². The number of anilines is 1. The van der Waals surface area contributed by atoms with Gasteiger partial charge in [0.2, 0.25) is 5.78 Å². The van der Waals surface area contributed by atoms with Crippen LogP contribution in [-0.2, 0) is 16.0 Å². The van der Waals surface area contributed by atoms with Crippen molar-refractivity contribution in [2.75, 3.05) is 11.4 Å². The number of hydrogen-bond donors (Lipinski definition) is 0. The smallest absolute Gasteiger partial charge is 0.360 e. The van der Waals surface area contributed by atoms with E-state index in [1.165, 1.54) is 11.8 Å². The molecule has 1 heterocycles. The van der Waals surface area contributed by atoms with Gasteiger partial charge in [-0.1, -0.05) is 18.2 Å². The highest BCUT2D eigenvalue weighted by Gasteiger charge is 2.33. The van der Waals surface area contributed by atoms with Crippen LogP contribution in [0.25, 0.3) is 5.53 Å². The number of carbonyl (C=O) groups is 2. The Bertz CT molecular complexity index is 559. The Morgan fingerprint density at radius 1 is 1.33 bits per heavy atom. The number of benzene rings is 1. The highest BCUT2D eigenvalue weighted by molar-refractivity contribution is 6.65. The van der Waals surface area contributed by atoms with Gasteiger partial charge < -0.3 is 10.4 Å². The van der Waals surface area contributed by atoms with E-state index in [1.807, 2.05) is 24.3 Å². The van der Waals surface area contributed by atoms with Crippen LogP contribution in [0, 0.1) is 0 Å². The summed E-state index contributed by atoms with van der Waals surface area (Å²) in [7, 11) is 0. The summed E-state index contributed by atoms with van der Waals surface area (Å²) in [5.41, 5.74) is 10.2. The number of hydrogen-bond acceptors (Lipinski definition) is 2. The monoisotopic (exact) mass is 243 g/mol. The second-order valence-electron chi connectivity index (χ2n) is 4.19. The Kier molecular flexibility index (Phi) is 3.35. The summed E-state index contributed by atoms with van der Waals surface area (Å²) in [6, 6.07) is 7.55. The van der Waals surface area contributed by atoms with Crippen LogP contribution >= 0.6 is 0 Å². The summed E-state index contributed by atoms with van der Waals surface area (Å²) in [6.45, 7) is 1.74. The van der Waals surface area contributed by atoms with Gasteiger partial charge in [-0.3, -0.25) is 9.59 Å². The molecule has 2 rings (SSSR count). The zero-order valence-electron chi connectivity index (χ0n) is 10.1. The third kappa shape index (κ3) is 2.08. The van der Waals surface area contributed by atoms with Gasteiger partial charge in [-0.15, -0.1) is 0 Å². The van der Waals surface area contributed by atoms with E-state index >= 15 is 0 Å². The standard InChI is InChI=1S/C13H13N3O2/c1-9(17)12(15-14)13(18)16-8-4-6-10-5-2-3-7-11(10)16/h2-3,5,7H,4,6,8H2,1H3. The van der Waals surface area contributed by atoms with Crippen LogP contribution in [0.5, 0.6) is 0 Å². The molecule has 1 aliphatic heterocycles. The van der Waals surface area contributed by atoms with Crippen LogP contribution in [0.4, 0.5) is 5.69 Å². The molecule has 0 fully saturated rings. The van der Waals surface area contributed by atoms with Crippen molar-refractivity contribution in [3.05, 3.63) is 35.4 Å².